The van der Waals surface area contributed by atoms with Gasteiger partial charge in [-0.05, 0) is 47.9 Å². The summed E-state index contributed by atoms with van der Waals surface area (Å²) >= 11 is 0. The Morgan fingerprint density at radius 3 is 2.03 bits per heavy atom. The quantitative estimate of drug-likeness (QED) is 0.730. The minimum absolute atomic E-state index is 0.0663. The van der Waals surface area contributed by atoms with Crippen molar-refractivity contribution >= 4 is 12.1 Å². The Labute approximate surface area is 170 Å². The summed E-state index contributed by atoms with van der Waals surface area (Å²) in [5, 5.41) is 0. The van der Waals surface area contributed by atoms with Crippen LogP contribution in [0.25, 0.3) is 11.1 Å². The Morgan fingerprint density at radius 1 is 0.931 bits per heavy atom. The van der Waals surface area contributed by atoms with Crippen LogP contribution in [0.4, 0.5) is 4.79 Å². The molecule has 2 heterocycles. The van der Waals surface area contributed by atoms with Gasteiger partial charge in [-0.15, -0.1) is 0 Å². The number of esters is 1. The molecule has 5 rings (SSSR count). The second kappa shape index (κ2) is 7.21. The molecule has 3 aliphatic rings. The monoisotopic (exact) mass is 391 g/mol. The standard InChI is InChI=1S/C24H25NO4/c1-28-23(26)15-12-16-10-11-17(13-15)25(16)24(27)29-14-22-20-8-4-2-6-18(20)19-7-3-5-9-21(19)22/h2-9,15-17,22H,10-14H2,1H3. The summed E-state index contributed by atoms with van der Waals surface area (Å²) in [7, 11) is 1.43. The summed E-state index contributed by atoms with van der Waals surface area (Å²) in [6.45, 7) is 0.337. The molecule has 0 spiro atoms. The predicted octanol–water partition coefficient (Wildman–Crippen LogP) is 4.35. The van der Waals surface area contributed by atoms with E-state index in [2.05, 4.69) is 24.3 Å². The SMILES string of the molecule is COC(=O)C1CC2CCC(C1)N2C(=O)OCC1c2ccccc2-c2ccccc21. The topological polar surface area (TPSA) is 55.8 Å². The Morgan fingerprint density at radius 2 is 1.48 bits per heavy atom. The second-order valence-corrected chi connectivity index (χ2v) is 8.29. The molecule has 5 nitrogen and oxygen atoms in total. The van der Waals surface area contributed by atoms with E-state index in [1.54, 1.807) is 0 Å². The third kappa shape index (κ3) is 3.00. The third-order valence-electron chi connectivity index (χ3n) is 6.81. The number of piperidine rings is 1. The van der Waals surface area contributed by atoms with Crippen molar-refractivity contribution in [1.29, 1.82) is 0 Å². The van der Waals surface area contributed by atoms with Crippen molar-refractivity contribution in [2.24, 2.45) is 5.92 Å². The molecule has 2 aromatic carbocycles. The average molecular weight is 391 g/mol. The molecule has 2 aromatic rings. The van der Waals surface area contributed by atoms with Gasteiger partial charge < -0.3 is 14.4 Å². The number of hydrogen-bond acceptors (Lipinski definition) is 4. The van der Waals surface area contributed by atoms with E-state index in [0.29, 0.717) is 19.4 Å². The maximum atomic E-state index is 13.0. The van der Waals surface area contributed by atoms with Gasteiger partial charge in [-0.3, -0.25) is 4.79 Å². The molecule has 2 unspecified atom stereocenters. The maximum absolute atomic E-state index is 13.0. The lowest BCUT2D eigenvalue weighted by Gasteiger charge is -2.37. The highest BCUT2D eigenvalue weighted by atomic mass is 16.6. The maximum Gasteiger partial charge on any atom is 0.410 e. The normalized spacial score (nSPS) is 24.7. The summed E-state index contributed by atoms with van der Waals surface area (Å²) < 4.78 is 10.8. The highest BCUT2D eigenvalue weighted by molar-refractivity contribution is 5.79. The lowest BCUT2D eigenvalue weighted by molar-refractivity contribution is -0.147. The number of carbonyl (C=O) groups excluding carboxylic acids is 2. The zero-order valence-corrected chi connectivity index (χ0v) is 16.5. The second-order valence-electron chi connectivity index (χ2n) is 8.29. The van der Waals surface area contributed by atoms with Crippen molar-refractivity contribution in [2.45, 2.75) is 43.7 Å². The van der Waals surface area contributed by atoms with Gasteiger partial charge in [0.15, 0.2) is 0 Å². The van der Waals surface area contributed by atoms with Crippen LogP contribution in [0.5, 0.6) is 0 Å². The van der Waals surface area contributed by atoms with E-state index < -0.39 is 0 Å². The molecule has 150 valence electrons. The number of nitrogens with zero attached hydrogens (tertiary/aromatic N) is 1. The van der Waals surface area contributed by atoms with Gasteiger partial charge in [0.1, 0.15) is 6.61 Å². The van der Waals surface area contributed by atoms with E-state index in [1.165, 1.54) is 29.4 Å². The van der Waals surface area contributed by atoms with Gasteiger partial charge in [-0.1, -0.05) is 48.5 Å². The van der Waals surface area contributed by atoms with Crippen LogP contribution in [-0.4, -0.2) is 42.8 Å². The average Bonchev–Trinajstić information content (AvgIpc) is 3.22. The summed E-state index contributed by atoms with van der Waals surface area (Å²) in [4.78, 5) is 26.8. The number of methoxy groups -OCH3 is 1. The van der Waals surface area contributed by atoms with Crippen molar-refractivity contribution in [3.8, 4) is 11.1 Å². The van der Waals surface area contributed by atoms with Crippen LogP contribution in [0.3, 0.4) is 0 Å². The molecule has 5 heteroatoms. The van der Waals surface area contributed by atoms with Gasteiger partial charge in [0.25, 0.3) is 0 Å². The Kier molecular flexibility index (Phi) is 4.53. The molecular weight excluding hydrogens is 366 g/mol. The molecule has 0 radical (unpaired) electrons. The van der Waals surface area contributed by atoms with Crippen LogP contribution in [0.2, 0.25) is 0 Å². The van der Waals surface area contributed by atoms with Gasteiger partial charge >= 0.3 is 12.1 Å². The largest absolute Gasteiger partial charge is 0.469 e. The summed E-state index contributed by atoms with van der Waals surface area (Å²) in [5.74, 6) is -0.194. The molecule has 0 saturated carbocycles. The molecule has 2 atom stereocenters. The highest BCUT2D eigenvalue weighted by Gasteiger charge is 2.46. The van der Waals surface area contributed by atoms with Gasteiger partial charge in [-0.2, -0.15) is 0 Å². The molecule has 29 heavy (non-hydrogen) atoms. The van der Waals surface area contributed by atoms with Crippen molar-refractivity contribution in [2.75, 3.05) is 13.7 Å². The Bertz CT molecular complexity index is 896. The number of fused-ring (bicyclic) bond motifs is 5. The molecule has 1 aliphatic carbocycles. The van der Waals surface area contributed by atoms with E-state index in [0.717, 1.165) is 12.8 Å². The van der Waals surface area contributed by atoms with E-state index in [4.69, 9.17) is 9.47 Å². The summed E-state index contributed by atoms with van der Waals surface area (Å²) in [6.07, 6.45) is 2.97. The van der Waals surface area contributed by atoms with E-state index in [1.807, 2.05) is 29.2 Å². The van der Waals surface area contributed by atoms with E-state index >= 15 is 0 Å². The number of rotatable bonds is 3. The number of ether oxygens (including phenoxy) is 2. The molecule has 1 amide bonds. The number of benzene rings is 2. The molecule has 2 aliphatic heterocycles. The fourth-order valence-electron chi connectivity index (χ4n) is 5.50. The molecule has 0 aromatic heterocycles. The van der Waals surface area contributed by atoms with Crippen molar-refractivity contribution in [3.05, 3.63) is 59.7 Å². The summed E-state index contributed by atoms with van der Waals surface area (Å²) in [6, 6.07) is 16.8. The van der Waals surface area contributed by atoms with Crippen LogP contribution in [0, 0.1) is 5.92 Å². The van der Waals surface area contributed by atoms with Crippen LogP contribution < -0.4 is 0 Å². The number of carbonyl (C=O) groups is 2. The molecular formula is C24H25NO4. The first-order chi connectivity index (χ1) is 14.2. The minimum atomic E-state index is -0.248. The first kappa shape index (κ1) is 18.2. The Hall–Kier alpha value is -2.82. The third-order valence-corrected chi connectivity index (χ3v) is 6.81. The molecule has 2 bridgehead atoms. The van der Waals surface area contributed by atoms with Crippen molar-refractivity contribution in [3.63, 3.8) is 0 Å². The van der Waals surface area contributed by atoms with Crippen LogP contribution in [-0.2, 0) is 14.3 Å². The molecule has 2 fully saturated rings. The predicted molar refractivity (Wildman–Crippen MR) is 108 cm³/mol. The smallest absolute Gasteiger partial charge is 0.410 e. The lowest BCUT2D eigenvalue weighted by atomic mass is 9.91. The zero-order valence-electron chi connectivity index (χ0n) is 16.5. The number of hydrogen-bond donors (Lipinski definition) is 0. The minimum Gasteiger partial charge on any atom is -0.469 e. The summed E-state index contributed by atoms with van der Waals surface area (Å²) in [5.41, 5.74) is 4.88. The lowest BCUT2D eigenvalue weighted by Crippen LogP contribution is -2.48. The van der Waals surface area contributed by atoms with E-state index in [9.17, 15) is 9.59 Å². The van der Waals surface area contributed by atoms with Gasteiger partial charge in [-0.25, -0.2) is 4.79 Å². The van der Waals surface area contributed by atoms with Crippen molar-refractivity contribution in [1.82, 2.24) is 4.90 Å². The first-order valence-electron chi connectivity index (χ1n) is 10.4. The fourth-order valence-corrected chi connectivity index (χ4v) is 5.50. The van der Waals surface area contributed by atoms with Crippen LogP contribution >= 0.6 is 0 Å². The van der Waals surface area contributed by atoms with Crippen LogP contribution in [0.15, 0.2) is 48.5 Å². The highest BCUT2D eigenvalue weighted by Crippen LogP contribution is 2.45. The fraction of sp³-hybridized carbons (Fsp3) is 0.417. The zero-order chi connectivity index (χ0) is 20.0. The van der Waals surface area contributed by atoms with Crippen molar-refractivity contribution < 1.29 is 19.1 Å². The van der Waals surface area contributed by atoms with E-state index in [-0.39, 0.29) is 36.0 Å². The van der Waals surface area contributed by atoms with Gasteiger partial charge in [0.2, 0.25) is 0 Å². The first-order valence-corrected chi connectivity index (χ1v) is 10.4. The Balaban J connectivity index is 1.30. The van der Waals surface area contributed by atoms with Gasteiger partial charge in [0, 0.05) is 18.0 Å². The molecule has 2 saturated heterocycles. The molecule has 0 N–H and O–H groups in total. The van der Waals surface area contributed by atoms with Gasteiger partial charge in [0.05, 0.1) is 13.0 Å². The van der Waals surface area contributed by atoms with Crippen LogP contribution in [0.1, 0.15) is 42.7 Å². The number of amides is 1.